The van der Waals surface area contributed by atoms with Crippen LogP contribution < -0.4 is 19.5 Å². The van der Waals surface area contributed by atoms with Crippen molar-refractivity contribution in [1.82, 2.24) is 5.32 Å². The van der Waals surface area contributed by atoms with Crippen LogP contribution >= 0.6 is 0 Å². The largest absolute Gasteiger partial charge is 0.493 e. The van der Waals surface area contributed by atoms with E-state index in [0.29, 0.717) is 22.8 Å². The second-order valence-corrected chi connectivity index (χ2v) is 5.69. The summed E-state index contributed by atoms with van der Waals surface area (Å²) in [6.45, 7) is 3.82. The molecular formula is C19H27NO6. The lowest BCUT2D eigenvalue weighted by molar-refractivity contribution is -0.146. The summed E-state index contributed by atoms with van der Waals surface area (Å²) < 4.78 is 20.6. The Morgan fingerprint density at radius 3 is 2.08 bits per heavy atom. The number of benzene rings is 1. The molecule has 1 aromatic carbocycles. The Labute approximate surface area is 154 Å². The molecule has 2 atom stereocenters. The maximum atomic E-state index is 12.2. The van der Waals surface area contributed by atoms with Gasteiger partial charge in [0.2, 0.25) is 11.7 Å². The van der Waals surface area contributed by atoms with Crippen LogP contribution in [0.4, 0.5) is 0 Å². The number of amides is 1. The first-order valence-electron chi connectivity index (χ1n) is 8.28. The Kier molecular flexibility index (Phi) is 8.48. The Morgan fingerprint density at radius 1 is 1.08 bits per heavy atom. The summed E-state index contributed by atoms with van der Waals surface area (Å²) in [5, 5.41) is 2.68. The number of ether oxygens (including phenoxy) is 4. The highest BCUT2D eigenvalue weighted by Crippen LogP contribution is 2.38. The standard InChI is InChI=1S/C19H27NO6/c1-7-12(2)17(19(22)26-6)20-16(21)9-8-13-10-14(23-3)18(25-5)15(11-13)24-4/h8-12,17H,7H2,1-6H3,(H,20,21)/b9-8+/t12-,17-/m0/s1. The van der Waals surface area contributed by atoms with Crippen LogP contribution in [-0.4, -0.2) is 46.4 Å². The van der Waals surface area contributed by atoms with Gasteiger partial charge in [-0.1, -0.05) is 20.3 Å². The number of hydrogen-bond acceptors (Lipinski definition) is 6. The molecule has 1 amide bonds. The number of methoxy groups -OCH3 is 4. The summed E-state index contributed by atoms with van der Waals surface area (Å²) in [4.78, 5) is 24.1. The summed E-state index contributed by atoms with van der Waals surface area (Å²) in [7, 11) is 5.86. The molecule has 0 aliphatic carbocycles. The molecule has 7 nitrogen and oxygen atoms in total. The number of hydrogen-bond donors (Lipinski definition) is 1. The topological polar surface area (TPSA) is 83.1 Å². The van der Waals surface area contributed by atoms with Gasteiger partial charge in [0.1, 0.15) is 6.04 Å². The van der Waals surface area contributed by atoms with Crippen LogP contribution in [0.15, 0.2) is 18.2 Å². The van der Waals surface area contributed by atoms with E-state index >= 15 is 0 Å². The zero-order valence-corrected chi connectivity index (χ0v) is 16.1. The van der Waals surface area contributed by atoms with Crippen LogP contribution in [0, 0.1) is 5.92 Å². The first-order chi connectivity index (χ1) is 12.4. The third-order valence-electron chi connectivity index (χ3n) is 4.08. The number of rotatable bonds is 9. The van der Waals surface area contributed by atoms with Crippen molar-refractivity contribution in [3.05, 3.63) is 23.8 Å². The third kappa shape index (κ3) is 5.40. The summed E-state index contributed by atoms with van der Waals surface area (Å²) in [5.41, 5.74) is 0.688. The summed E-state index contributed by atoms with van der Waals surface area (Å²) >= 11 is 0. The molecule has 0 saturated heterocycles. The number of carbonyl (C=O) groups is 2. The van der Waals surface area contributed by atoms with Gasteiger partial charge in [-0.05, 0) is 29.7 Å². The van der Waals surface area contributed by atoms with Crippen LogP contribution in [0.25, 0.3) is 6.08 Å². The molecule has 0 fully saturated rings. The summed E-state index contributed by atoms with van der Waals surface area (Å²) in [5.74, 6) is 0.543. The Balaban J connectivity index is 2.98. The maximum Gasteiger partial charge on any atom is 0.328 e. The van der Waals surface area contributed by atoms with Gasteiger partial charge in [-0.3, -0.25) is 4.79 Å². The minimum atomic E-state index is -0.693. The lowest BCUT2D eigenvalue weighted by Gasteiger charge is -2.21. The second kappa shape index (κ2) is 10.3. The van der Waals surface area contributed by atoms with Gasteiger partial charge in [0.25, 0.3) is 0 Å². The van der Waals surface area contributed by atoms with Gasteiger partial charge in [-0.15, -0.1) is 0 Å². The van der Waals surface area contributed by atoms with Gasteiger partial charge in [-0.2, -0.15) is 0 Å². The lowest BCUT2D eigenvalue weighted by Crippen LogP contribution is -2.45. The van der Waals surface area contributed by atoms with Gasteiger partial charge in [0.05, 0.1) is 28.4 Å². The molecule has 0 bridgehead atoms. The molecule has 0 aromatic heterocycles. The molecule has 1 aromatic rings. The zero-order valence-electron chi connectivity index (χ0n) is 16.1. The van der Waals surface area contributed by atoms with Crippen molar-refractivity contribution in [3.8, 4) is 17.2 Å². The lowest BCUT2D eigenvalue weighted by atomic mass is 9.99. The average Bonchev–Trinajstić information content (AvgIpc) is 2.68. The molecule has 1 N–H and O–H groups in total. The Bertz CT molecular complexity index is 630. The van der Waals surface area contributed by atoms with E-state index in [1.807, 2.05) is 13.8 Å². The molecule has 1 rings (SSSR count). The van der Waals surface area contributed by atoms with E-state index in [1.165, 1.54) is 34.5 Å². The van der Waals surface area contributed by atoms with Crippen molar-refractivity contribution in [3.63, 3.8) is 0 Å². The predicted molar refractivity (Wildman–Crippen MR) is 98.5 cm³/mol. The molecule has 0 aliphatic heterocycles. The third-order valence-corrected chi connectivity index (χ3v) is 4.08. The molecule has 0 spiro atoms. The van der Waals surface area contributed by atoms with E-state index < -0.39 is 17.9 Å². The SMILES string of the molecule is CC[C@H](C)[C@H](NC(=O)/C=C/c1cc(OC)c(OC)c(OC)c1)C(=O)OC. The first-order valence-corrected chi connectivity index (χ1v) is 8.28. The fourth-order valence-corrected chi connectivity index (χ4v) is 2.37. The average molecular weight is 365 g/mol. The highest BCUT2D eigenvalue weighted by Gasteiger charge is 2.25. The van der Waals surface area contributed by atoms with E-state index in [1.54, 1.807) is 18.2 Å². The molecule has 0 saturated carbocycles. The van der Waals surface area contributed by atoms with Crippen molar-refractivity contribution < 1.29 is 28.5 Å². The van der Waals surface area contributed by atoms with Crippen molar-refractivity contribution in [2.45, 2.75) is 26.3 Å². The van der Waals surface area contributed by atoms with Crippen molar-refractivity contribution in [2.75, 3.05) is 28.4 Å². The second-order valence-electron chi connectivity index (χ2n) is 5.69. The van der Waals surface area contributed by atoms with E-state index in [9.17, 15) is 9.59 Å². The van der Waals surface area contributed by atoms with E-state index in [2.05, 4.69) is 5.32 Å². The normalized spacial score (nSPS) is 13.0. The molecule has 0 aliphatic rings. The van der Waals surface area contributed by atoms with Crippen LogP contribution in [0.2, 0.25) is 0 Å². The van der Waals surface area contributed by atoms with Crippen molar-refractivity contribution >= 4 is 18.0 Å². The number of nitrogens with one attached hydrogen (secondary N) is 1. The van der Waals surface area contributed by atoms with Crippen LogP contribution in [0.1, 0.15) is 25.8 Å². The van der Waals surface area contributed by atoms with E-state index in [0.717, 1.165) is 6.42 Å². The molecule has 144 valence electrons. The fourth-order valence-electron chi connectivity index (χ4n) is 2.37. The predicted octanol–water partition coefficient (Wildman–Crippen LogP) is 2.43. The summed E-state index contributed by atoms with van der Waals surface area (Å²) in [6, 6.07) is 2.75. The fraction of sp³-hybridized carbons (Fsp3) is 0.474. The maximum absolute atomic E-state index is 12.2. The highest BCUT2D eigenvalue weighted by molar-refractivity contribution is 5.94. The molecule has 0 heterocycles. The number of esters is 1. The monoisotopic (exact) mass is 365 g/mol. The molecule has 26 heavy (non-hydrogen) atoms. The summed E-state index contributed by atoms with van der Waals surface area (Å²) in [6.07, 6.45) is 3.68. The smallest absolute Gasteiger partial charge is 0.328 e. The number of carbonyl (C=O) groups excluding carboxylic acids is 2. The quantitative estimate of drug-likeness (QED) is 0.535. The molecule has 0 unspecified atom stereocenters. The van der Waals surface area contributed by atoms with Crippen LogP contribution in [0.3, 0.4) is 0 Å². The van der Waals surface area contributed by atoms with Crippen LogP contribution in [0.5, 0.6) is 17.2 Å². The van der Waals surface area contributed by atoms with Gasteiger partial charge < -0.3 is 24.3 Å². The van der Waals surface area contributed by atoms with Crippen molar-refractivity contribution in [2.24, 2.45) is 5.92 Å². The van der Waals surface area contributed by atoms with Gasteiger partial charge in [0, 0.05) is 6.08 Å². The Hall–Kier alpha value is -2.70. The van der Waals surface area contributed by atoms with Crippen LogP contribution in [-0.2, 0) is 14.3 Å². The molecular weight excluding hydrogens is 338 g/mol. The van der Waals surface area contributed by atoms with E-state index in [-0.39, 0.29) is 5.92 Å². The first kappa shape index (κ1) is 21.3. The van der Waals surface area contributed by atoms with E-state index in [4.69, 9.17) is 18.9 Å². The van der Waals surface area contributed by atoms with Gasteiger partial charge >= 0.3 is 5.97 Å². The molecule has 7 heteroatoms. The Morgan fingerprint density at radius 2 is 1.65 bits per heavy atom. The van der Waals surface area contributed by atoms with Crippen molar-refractivity contribution in [1.29, 1.82) is 0 Å². The molecule has 0 radical (unpaired) electrons. The van der Waals surface area contributed by atoms with Gasteiger partial charge in [-0.25, -0.2) is 4.79 Å². The van der Waals surface area contributed by atoms with Gasteiger partial charge in [0.15, 0.2) is 11.5 Å². The minimum absolute atomic E-state index is 0.0408. The zero-order chi connectivity index (χ0) is 19.7. The minimum Gasteiger partial charge on any atom is -0.493 e. The highest BCUT2D eigenvalue weighted by atomic mass is 16.5.